The van der Waals surface area contributed by atoms with E-state index in [4.69, 9.17) is 11.6 Å². The van der Waals surface area contributed by atoms with Gasteiger partial charge in [0.1, 0.15) is 5.01 Å². The van der Waals surface area contributed by atoms with Gasteiger partial charge in [-0.05, 0) is 24.3 Å². The highest BCUT2D eigenvalue weighted by atomic mass is 35.5. The molecule has 8 heteroatoms. The van der Waals surface area contributed by atoms with E-state index in [1.54, 1.807) is 11.3 Å². The zero-order valence-corrected chi connectivity index (χ0v) is 18.0. The first kappa shape index (κ1) is 19.0. The van der Waals surface area contributed by atoms with Crippen LogP contribution in [0.1, 0.15) is 5.69 Å². The van der Waals surface area contributed by atoms with Gasteiger partial charge in [0.25, 0.3) is 0 Å². The van der Waals surface area contributed by atoms with Crippen LogP contribution >= 0.6 is 34.3 Å². The van der Waals surface area contributed by atoms with Gasteiger partial charge in [-0.1, -0.05) is 35.9 Å². The largest absolute Gasteiger partial charge is 0.326 e. The van der Waals surface area contributed by atoms with Crippen molar-refractivity contribution in [3.63, 3.8) is 0 Å². The molecule has 0 aliphatic carbocycles. The molecule has 1 N–H and O–H groups in total. The highest BCUT2D eigenvalue weighted by molar-refractivity contribution is 7.15. The average Bonchev–Trinajstić information content (AvgIpc) is 3.45. The number of carbonyl (C=O) groups is 1. The van der Waals surface area contributed by atoms with Crippen LogP contribution in [0.15, 0.2) is 71.7 Å². The number of hydrogen-bond acceptors (Lipinski definition) is 5. The van der Waals surface area contributed by atoms with E-state index in [0.717, 1.165) is 38.2 Å². The molecule has 30 heavy (non-hydrogen) atoms. The standard InChI is InChI=1S/C22H15ClN4OS2/c23-16-3-1-2-15(10-16)21-25-18(13-30-21)11-20(28)24-17-6-4-14(5-7-17)19-12-27-8-9-29-22(27)26-19/h1-10,12-13H,11H2,(H,24,28). The van der Waals surface area contributed by atoms with Crippen molar-refractivity contribution < 1.29 is 4.79 Å². The zero-order chi connectivity index (χ0) is 20.5. The van der Waals surface area contributed by atoms with Crippen LogP contribution in [0.25, 0.3) is 26.8 Å². The number of nitrogens with one attached hydrogen (secondary N) is 1. The minimum Gasteiger partial charge on any atom is -0.326 e. The first-order valence-corrected chi connectivity index (χ1v) is 11.3. The molecule has 5 rings (SSSR count). The van der Waals surface area contributed by atoms with Crippen molar-refractivity contribution in [3.8, 4) is 21.8 Å². The normalized spacial score (nSPS) is 11.1. The Balaban J connectivity index is 1.24. The molecule has 0 atom stereocenters. The van der Waals surface area contributed by atoms with E-state index in [-0.39, 0.29) is 12.3 Å². The molecule has 5 nitrogen and oxygen atoms in total. The first-order valence-electron chi connectivity index (χ1n) is 9.17. The third-order valence-electron chi connectivity index (χ3n) is 4.52. The van der Waals surface area contributed by atoms with Crippen LogP contribution in [0.2, 0.25) is 5.02 Å². The lowest BCUT2D eigenvalue weighted by atomic mass is 10.1. The molecule has 148 valence electrons. The lowest BCUT2D eigenvalue weighted by Crippen LogP contribution is -2.14. The SMILES string of the molecule is O=C(Cc1csc(-c2cccc(Cl)c2)n1)Nc1ccc(-c2cn3ccsc3n2)cc1. The van der Waals surface area contributed by atoms with E-state index in [1.165, 1.54) is 11.3 Å². The number of imidazole rings is 1. The molecule has 0 unspecified atom stereocenters. The number of benzene rings is 2. The van der Waals surface area contributed by atoms with E-state index in [0.29, 0.717) is 5.02 Å². The molecule has 0 spiro atoms. The molecule has 0 saturated carbocycles. The van der Waals surface area contributed by atoms with Gasteiger partial charge < -0.3 is 5.32 Å². The van der Waals surface area contributed by atoms with Gasteiger partial charge in [-0.2, -0.15) is 0 Å². The highest BCUT2D eigenvalue weighted by Gasteiger charge is 2.11. The summed E-state index contributed by atoms with van der Waals surface area (Å²) in [5, 5.41) is 8.36. The van der Waals surface area contributed by atoms with Crippen molar-refractivity contribution in [2.24, 2.45) is 0 Å². The van der Waals surface area contributed by atoms with Gasteiger partial charge in [0.2, 0.25) is 5.91 Å². The molecule has 0 aliphatic rings. The smallest absolute Gasteiger partial charge is 0.230 e. The molecule has 0 aliphatic heterocycles. The molecular formula is C22H15ClN4OS2. The number of carbonyl (C=O) groups excluding carboxylic acids is 1. The Hall–Kier alpha value is -3.00. The number of anilines is 1. The Morgan fingerprint density at radius 3 is 2.73 bits per heavy atom. The maximum Gasteiger partial charge on any atom is 0.230 e. The minimum atomic E-state index is -0.104. The number of thiazole rings is 2. The van der Waals surface area contributed by atoms with Gasteiger partial charge in [-0.15, -0.1) is 22.7 Å². The van der Waals surface area contributed by atoms with Crippen molar-refractivity contribution in [3.05, 3.63) is 82.4 Å². The lowest BCUT2D eigenvalue weighted by molar-refractivity contribution is -0.115. The maximum atomic E-state index is 12.4. The van der Waals surface area contributed by atoms with Gasteiger partial charge in [0.15, 0.2) is 4.96 Å². The van der Waals surface area contributed by atoms with Crippen LogP contribution in [0.5, 0.6) is 0 Å². The Kier molecular flexibility index (Phi) is 5.08. The maximum absolute atomic E-state index is 12.4. The molecule has 0 bridgehead atoms. The number of fused-ring (bicyclic) bond motifs is 1. The van der Waals surface area contributed by atoms with Gasteiger partial charge in [0.05, 0.1) is 17.8 Å². The first-order chi connectivity index (χ1) is 14.6. The van der Waals surface area contributed by atoms with E-state index in [1.807, 2.05) is 76.1 Å². The van der Waals surface area contributed by atoms with Gasteiger partial charge in [0, 0.05) is 45.0 Å². The van der Waals surface area contributed by atoms with Gasteiger partial charge in [-0.3, -0.25) is 9.20 Å². The molecule has 0 saturated heterocycles. The van der Waals surface area contributed by atoms with E-state index < -0.39 is 0 Å². The molecular weight excluding hydrogens is 436 g/mol. The number of halogens is 1. The number of nitrogens with zero attached hydrogens (tertiary/aromatic N) is 3. The summed E-state index contributed by atoms with van der Waals surface area (Å²) in [6.07, 6.45) is 4.21. The second kappa shape index (κ2) is 8.02. The van der Waals surface area contributed by atoms with Crippen molar-refractivity contribution >= 4 is 50.8 Å². The fourth-order valence-electron chi connectivity index (χ4n) is 3.10. The third kappa shape index (κ3) is 4.00. The fourth-order valence-corrected chi connectivity index (χ4v) is 4.81. The van der Waals surface area contributed by atoms with Crippen molar-refractivity contribution in [2.45, 2.75) is 6.42 Å². The predicted octanol–water partition coefficient (Wildman–Crippen LogP) is 6.02. The minimum absolute atomic E-state index is 0.104. The summed E-state index contributed by atoms with van der Waals surface area (Å²) in [5.74, 6) is -0.104. The summed E-state index contributed by atoms with van der Waals surface area (Å²) in [6.45, 7) is 0. The summed E-state index contributed by atoms with van der Waals surface area (Å²) in [7, 11) is 0. The Morgan fingerprint density at radius 1 is 1.07 bits per heavy atom. The zero-order valence-electron chi connectivity index (χ0n) is 15.6. The van der Waals surface area contributed by atoms with Crippen LogP contribution in [-0.2, 0) is 11.2 Å². The van der Waals surface area contributed by atoms with Crippen molar-refractivity contribution in [1.82, 2.24) is 14.4 Å². The van der Waals surface area contributed by atoms with Crippen LogP contribution in [0.4, 0.5) is 5.69 Å². The highest BCUT2D eigenvalue weighted by Crippen LogP contribution is 2.27. The summed E-state index contributed by atoms with van der Waals surface area (Å²) in [5.41, 5.74) is 4.36. The summed E-state index contributed by atoms with van der Waals surface area (Å²) in [6, 6.07) is 15.2. The summed E-state index contributed by atoms with van der Waals surface area (Å²) >= 11 is 9.15. The molecule has 5 aromatic rings. The van der Waals surface area contributed by atoms with E-state index in [9.17, 15) is 4.79 Å². The number of aromatic nitrogens is 3. The number of rotatable bonds is 5. The molecule has 0 radical (unpaired) electrons. The van der Waals surface area contributed by atoms with Crippen LogP contribution in [0, 0.1) is 0 Å². The lowest BCUT2D eigenvalue weighted by Gasteiger charge is -2.05. The molecule has 0 fully saturated rings. The van der Waals surface area contributed by atoms with Gasteiger partial charge in [-0.25, -0.2) is 9.97 Å². The summed E-state index contributed by atoms with van der Waals surface area (Å²) < 4.78 is 2.00. The van der Waals surface area contributed by atoms with Crippen LogP contribution in [0.3, 0.4) is 0 Å². The van der Waals surface area contributed by atoms with E-state index >= 15 is 0 Å². The topological polar surface area (TPSA) is 59.3 Å². The van der Waals surface area contributed by atoms with Crippen molar-refractivity contribution in [1.29, 1.82) is 0 Å². The third-order valence-corrected chi connectivity index (χ3v) is 6.47. The fraction of sp³-hybridized carbons (Fsp3) is 0.0455. The van der Waals surface area contributed by atoms with Crippen LogP contribution < -0.4 is 5.32 Å². The Morgan fingerprint density at radius 2 is 1.93 bits per heavy atom. The molecule has 3 heterocycles. The Bertz CT molecular complexity index is 1310. The Labute approximate surface area is 185 Å². The molecule has 3 aromatic heterocycles. The number of amides is 1. The molecule has 1 amide bonds. The number of hydrogen-bond donors (Lipinski definition) is 1. The van der Waals surface area contributed by atoms with Crippen LogP contribution in [-0.4, -0.2) is 20.3 Å². The summed E-state index contributed by atoms with van der Waals surface area (Å²) in [4.78, 5) is 22.6. The second-order valence-electron chi connectivity index (χ2n) is 6.68. The van der Waals surface area contributed by atoms with Gasteiger partial charge >= 0.3 is 0 Å². The quantitative estimate of drug-likeness (QED) is 0.356. The predicted molar refractivity (Wildman–Crippen MR) is 123 cm³/mol. The molecule has 2 aromatic carbocycles. The monoisotopic (exact) mass is 450 g/mol. The second-order valence-corrected chi connectivity index (χ2v) is 8.84. The van der Waals surface area contributed by atoms with E-state index in [2.05, 4.69) is 15.3 Å². The average molecular weight is 451 g/mol. The van der Waals surface area contributed by atoms with Crippen molar-refractivity contribution in [2.75, 3.05) is 5.32 Å².